The summed E-state index contributed by atoms with van der Waals surface area (Å²) in [5.74, 6) is 1.10. The number of nitrogens with zero attached hydrogens (tertiary/aromatic N) is 1. The molecule has 76 valence electrons. The molecule has 1 aliphatic carbocycles. The van der Waals surface area contributed by atoms with E-state index in [1.54, 1.807) is 0 Å². The molecule has 1 rings (SSSR count). The second-order valence-electron chi connectivity index (χ2n) is 3.82. The molecule has 0 bridgehead atoms. The molecule has 2 unspecified atom stereocenters. The summed E-state index contributed by atoms with van der Waals surface area (Å²) < 4.78 is 0. The summed E-state index contributed by atoms with van der Waals surface area (Å²) in [5.41, 5.74) is 0. The van der Waals surface area contributed by atoms with Gasteiger partial charge in [0.15, 0.2) is 0 Å². The Morgan fingerprint density at radius 3 is 2.85 bits per heavy atom. The molecule has 0 aromatic heterocycles. The first-order valence-corrected chi connectivity index (χ1v) is 4.97. The molecule has 1 fully saturated rings. The lowest BCUT2D eigenvalue weighted by Gasteiger charge is -2.27. The van der Waals surface area contributed by atoms with Crippen molar-refractivity contribution in [3.05, 3.63) is 4.91 Å². The van der Waals surface area contributed by atoms with E-state index in [0.29, 0.717) is 18.4 Å². The van der Waals surface area contributed by atoms with Crippen molar-refractivity contribution in [2.75, 3.05) is 19.8 Å². The zero-order chi connectivity index (χ0) is 9.52. The van der Waals surface area contributed by atoms with E-state index in [2.05, 4.69) is 10.5 Å². The van der Waals surface area contributed by atoms with Crippen LogP contribution in [0.2, 0.25) is 0 Å². The largest absolute Gasteiger partial charge is 0.381 e. The Morgan fingerprint density at radius 1 is 1.38 bits per heavy atom. The van der Waals surface area contributed by atoms with E-state index in [4.69, 9.17) is 5.11 Å². The Bertz CT molecular complexity index is 153. The minimum atomic E-state index is 0.0487. The van der Waals surface area contributed by atoms with Gasteiger partial charge in [-0.2, -0.15) is 4.91 Å². The normalized spacial score (nSPS) is 28.7. The van der Waals surface area contributed by atoms with Gasteiger partial charge in [0.05, 0.1) is 13.3 Å². The molecular weight excluding hydrogens is 168 g/mol. The molecule has 0 spiro atoms. The minimum Gasteiger partial charge on any atom is -0.381 e. The third kappa shape index (κ3) is 3.83. The van der Waals surface area contributed by atoms with Crippen molar-refractivity contribution >= 4 is 0 Å². The Hall–Kier alpha value is -0.480. The van der Waals surface area contributed by atoms with Crippen molar-refractivity contribution in [3.8, 4) is 0 Å². The third-order valence-electron chi connectivity index (χ3n) is 2.77. The van der Waals surface area contributed by atoms with Crippen LogP contribution < -0.4 is 5.32 Å². The molecule has 1 aliphatic rings. The topological polar surface area (TPSA) is 61.7 Å². The predicted octanol–water partition coefficient (Wildman–Crippen LogP) is 1.10. The maximum atomic E-state index is 10.1. The molecule has 0 heterocycles. The Labute approximate surface area is 78.7 Å². The summed E-state index contributed by atoms with van der Waals surface area (Å²) in [6.07, 6.45) is 4.63. The average molecular weight is 186 g/mol. The standard InChI is InChI=1S/C9H18N2O2/c12-7-10-5-8-2-1-3-9(4-8)6-11-13/h8-10,12H,1-7H2. The minimum absolute atomic E-state index is 0.0487. The number of nitroso groups, excluding NO2 is 1. The van der Waals surface area contributed by atoms with Crippen molar-refractivity contribution < 1.29 is 5.11 Å². The van der Waals surface area contributed by atoms with E-state index < -0.39 is 0 Å². The highest BCUT2D eigenvalue weighted by Crippen LogP contribution is 2.28. The summed E-state index contributed by atoms with van der Waals surface area (Å²) in [7, 11) is 0. The van der Waals surface area contributed by atoms with Crippen molar-refractivity contribution in [1.29, 1.82) is 0 Å². The highest BCUT2D eigenvalue weighted by atomic mass is 16.3. The van der Waals surface area contributed by atoms with Gasteiger partial charge in [-0.15, -0.1) is 0 Å². The summed E-state index contributed by atoms with van der Waals surface area (Å²) in [5, 5.41) is 14.5. The Morgan fingerprint density at radius 2 is 2.15 bits per heavy atom. The van der Waals surface area contributed by atoms with Crippen LogP contribution in [0.5, 0.6) is 0 Å². The molecule has 4 heteroatoms. The van der Waals surface area contributed by atoms with Crippen LogP contribution in [0.25, 0.3) is 0 Å². The Kier molecular flexibility index (Phi) is 4.93. The highest BCUT2D eigenvalue weighted by molar-refractivity contribution is 4.75. The zero-order valence-electron chi connectivity index (χ0n) is 7.91. The molecule has 0 aromatic rings. The summed E-state index contributed by atoms with van der Waals surface area (Å²) in [6.45, 7) is 1.38. The highest BCUT2D eigenvalue weighted by Gasteiger charge is 2.21. The number of hydrogen-bond acceptors (Lipinski definition) is 4. The van der Waals surface area contributed by atoms with Gasteiger partial charge in [0.2, 0.25) is 0 Å². The van der Waals surface area contributed by atoms with Crippen LogP contribution in [-0.4, -0.2) is 24.9 Å². The van der Waals surface area contributed by atoms with Crippen molar-refractivity contribution in [2.45, 2.75) is 25.7 Å². The summed E-state index contributed by atoms with van der Waals surface area (Å²) >= 11 is 0. The number of aliphatic hydroxyl groups is 1. The fourth-order valence-corrected chi connectivity index (χ4v) is 2.13. The third-order valence-corrected chi connectivity index (χ3v) is 2.77. The Balaban J connectivity index is 2.20. The molecule has 0 amide bonds. The molecule has 2 atom stereocenters. The quantitative estimate of drug-likeness (QED) is 0.499. The molecule has 13 heavy (non-hydrogen) atoms. The lowest BCUT2D eigenvalue weighted by Crippen LogP contribution is -2.28. The van der Waals surface area contributed by atoms with Crippen molar-refractivity contribution in [3.63, 3.8) is 0 Å². The fourth-order valence-electron chi connectivity index (χ4n) is 2.13. The first-order valence-electron chi connectivity index (χ1n) is 4.97. The maximum Gasteiger partial charge on any atom is 0.0931 e. The average Bonchev–Trinajstić information content (AvgIpc) is 2.16. The molecular formula is C9H18N2O2. The monoisotopic (exact) mass is 186 g/mol. The summed E-state index contributed by atoms with van der Waals surface area (Å²) in [4.78, 5) is 10.1. The lowest BCUT2D eigenvalue weighted by atomic mass is 9.81. The summed E-state index contributed by atoms with van der Waals surface area (Å²) in [6, 6.07) is 0. The predicted molar refractivity (Wildman–Crippen MR) is 51.2 cm³/mol. The molecule has 0 aromatic carbocycles. The first-order chi connectivity index (χ1) is 6.36. The van der Waals surface area contributed by atoms with E-state index in [0.717, 1.165) is 19.4 Å². The van der Waals surface area contributed by atoms with Gasteiger partial charge in [0.25, 0.3) is 0 Å². The van der Waals surface area contributed by atoms with Gasteiger partial charge < -0.3 is 5.11 Å². The molecule has 1 saturated carbocycles. The van der Waals surface area contributed by atoms with Gasteiger partial charge in [-0.05, 0) is 31.1 Å². The van der Waals surface area contributed by atoms with Gasteiger partial charge in [0.1, 0.15) is 0 Å². The number of rotatable bonds is 5. The van der Waals surface area contributed by atoms with Gasteiger partial charge in [-0.1, -0.05) is 11.6 Å². The number of nitrogens with one attached hydrogen (secondary N) is 1. The van der Waals surface area contributed by atoms with Crippen LogP contribution in [0.4, 0.5) is 0 Å². The molecule has 0 aliphatic heterocycles. The van der Waals surface area contributed by atoms with Crippen LogP contribution in [-0.2, 0) is 0 Å². The van der Waals surface area contributed by atoms with Gasteiger partial charge in [0, 0.05) is 6.54 Å². The van der Waals surface area contributed by atoms with Gasteiger partial charge in [-0.25, -0.2) is 0 Å². The second-order valence-corrected chi connectivity index (χ2v) is 3.82. The van der Waals surface area contributed by atoms with Crippen molar-refractivity contribution in [2.24, 2.45) is 17.0 Å². The molecule has 0 saturated heterocycles. The van der Waals surface area contributed by atoms with Crippen LogP contribution in [0.1, 0.15) is 25.7 Å². The van der Waals surface area contributed by atoms with E-state index >= 15 is 0 Å². The molecule has 4 nitrogen and oxygen atoms in total. The fraction of sp³-hybridized carbons (Fsp3) is 1.00. The van der Waals surface area contributed by atoms with Gasteiger partial charge >= 0.3 is 0 Å². The van der Waals surface area contributed by atoms with Crippen LogP contribution in [0.15, 0.2) is 5.18 Å². The molecule has 2 N–H and O–H groups in total. The van der Waals surface area contributed by atoms with Crippen LogP contribution in [0, 0.1) is 16.7 Å². The first kappa shape index (κ1) is 10.6. The van der Waals surface area contributed by atoms with Crippen LogP contribution >= 0.6 is 0 Å². The van der Waals surface area contributed by atoms with Gasteiger partial charge in [-0.3, -0.25) is 5.32 Å². The van der Waals surface area contributed by atoms with E-state index in [1.807, 2.05) is 0 Å². The second kappa shape index (κ2) is 6.05. The SMILES string of the molecule is O=NCC1CCCC(CNCO)C1. The number of aliphatic hydroxyl groups excluding tert-OH is 1. The van der Waals surface area contributed by atoms with E-state index in [1.165, 1.54) is 12.8 Å². The van der Waals surface area contributed by atoms with Crippen LogP contribution in [0.3, 0.4) is 0 Å². The molecule has 0 radical (unpaired) electrons. The zero-order valence-corrected chi connectivity index (χ0v) is 7.91. The lowest BCUT2D eigenvalue weighted by molar-refractivity contribution is 0.217. The smallest absolute Gasteiger partial charge is 0.0931 e. The van der Waals surface area contributed by atoms with Crippen molar-refractivity contribution in [1.82, 2.24) is 5.32 Å². The maximum absolute atomic E-state index is 10.1. The van der Waals surface area contributed by atoms with E-state index in [-0.39, 0.29) is 6.73 Å². The number of hydrogen-bond donors (Lipinski definition) is 2. The van der Waals surface area contributed by atoms with E-state index in [9.17, 15) is 4.91 Å².